The molecular formula is C15H24O2. The van der Waals surface area contributed by atoms with Crippen molar-refractivity contribution >= 4 is 5.78 Å². The molecule has 17 heavy (non-hydrogen) atoms. The molecule has 0 heterocycles. The van der Waals surface area contributed by atoms with Crippen LogP contribution in [0.2, 0.25) is 0 Å². The zero-order chi connectivity index (χ0) is 12.6. The molecule has 0 amide bonds. The number of hydrogen-bond acceptors (Lipinski definition) is 2. The van der Waals surface area contributed by atoms with E-state index in [0.717, 1.165) is 6.42 Å². The van der Waals surface area contributed by atoms with Crippen LogP contribution in [0.1, 0.15) is 46.5 Å². The Bertz CT molecular complexity index is 343. The van der Waals surface area contributed by atoms with Crippen LogP contribution >= 0.6 is 0 Å². The SMILES string of the molecule is CC(C)[C@@H]1CC[C@H](C)[C@]12CC=C(CO)C(=O)C2. The van der Waals surface area contributed by atoms with Crippen molar-refractivity contribution < 1.29 is 9.90 Å². The lowest BCUT2D eigenvalue weighted by Gasteiger charge is -2.42. The van der Waals surface area contributed by atoms with Gasteiger partial charge in [0.05, 0.1) is 6.61 Å². The first-order chi connectivity index (χ1) is 8.01. The van der Waals surface area contributed by atoms with Crippen LogP contribution in [-0.4, -0.2) is 17.5 Å². The predicted octanol–water partition coefficient (Wildman–Crippen LogP) is 2.96. The second kappa shape index (κ2) is 4.56. The molecular weight excluding hydrogens is 212 g/mol. The van der Waals surface area contributed by atoms with Crippen LogP contribution < -0.4 is 0 Å². The Balaban J connectivity index is 2.30. The van der Waals surface area contributed by atoms with Crippen LogP contribution in [0.4, 0.5) is 0 Å². The smallest absolute Gasteiger partial charge is 0.161 e. The summed E-state index contributed by atoms with van der Waals surface area (Å²) >= 11 is 0. The van der Waals surface area contributed by atoms with Gasteiger partial charge in [-0.05, 0) is 42.4 Å². The molecule has 0 aromatic rings. The summed E-state index contributed by atoms with van der Waals surface area (Å²) in [5.74, 6) is 2.13. The number of aliphatic hydroxyl groups excluding tert-OH is 1. The van der Waals surface area contributed by atoms with E-state index in [1.54, 1.807) is 0 Å². The van der Waals surface area contributed by atoms with Gasteiger partial charge < -0.3 is 5.11 Å². The number of hydrogen-bond donors (Lipinski definition) is 1. The quantitative estimate of drug-likeness (QED) is 0.800. The second-order valence-electron chi connectivity index (χ2n) is 6.25. The molecule has 0 saturated heterocycles. The van der Waals surface area contributed by atoms with Crippen LogP contribution in [0.5, 0.6) is 0 Å². The first-order valence-electron chi connectivity index (χ1n) is 6.84. The normalized spacial score (nSPS) is 37.9. The van der Waals surface area contributed by atoms with Crippen LogP contribution in [0.15, 0.2) is 11.6 Å². The van der Waals surface area contributed by atoms with Crippen LogP contribution in [0.3, 0.4) is 0 Å². The monoisotopic (exact) mass is 236 g/mol. The van der Waals surface area contributed by atoms with Gasteiger partial charge in [0.2, 0.25) is 0 Å². The molecule has 0 aromatic carbocycles. The van der Waals surface area contributed by atoms with E-state index in [-0.39, 0.29) is 17.8 Å². The van der Waals surface area contributed by atoms with Crippen molar-refractivity contribution in [1.82, 2.24) is 0 Å². The van der Waals surface area contributed by atoms with E-state index < -0.39 is 0 Å². The largest absolute Gasteiger partial charge is 0.392 e. The molecule has 0 aromatic heterocycles. The van der Waals surface area contributed by atoms with E-state index >= 15 is 0 Å². The number of ketones is 1. The highest BCUT2D eigenvalue weighted by Crippen LogP contribution is 2.57. The minimum atomic E-state index is -0.0877. The highest BCUT2D eigenvalue weighted by molar-refractivity contribution is 5.97. The first-order valence-corrected chi connectivity index (χ1v) is 6.84. The molecule has 96 valence electrons. The third-order valence-corrected chi connectivity index (χ3v) is 5.18. The van der Waals surface area contributed by atoms with Gasteiger partial charge in [-0.3, -0.25) is 4.79 Å². The Hall–Kier alpha value is -0.630. The van der Waals surface area contributed by atoms with E-state index in [0.29, 0.717) is 29.7 Å². The third-order valence-electron chi connectivity index (χ3n) is 5.18. The predicted molar refractivity (Wildman–Crippen MR) is 68.6 cm³/mol. The summed E-state index contributed by atoms with van der Waals surface area (Å²) in [7, 11) is 0. The minimum Gasteiger partial charge on any atom is -0.392 e. The number of carbonyl (C=O) groups is 1. The lowest BCUT2D eigenvalue weighted by atomic mass is 9.61. The zero-order valence-corrected chi connectivity index (χ0v) is 11.2. The van der Waals surface area contributed by atoms with Crippen molar-refractivity contribution in [2.24, 2.45) is 23.2 Å². The summed E-state index contributed by atoms with van der Waals surface area (Å²) in [5, 5.41) is 9.14. The maximum absolute atomic E-state index is 12.1. The van der Waals surface area contributed by atoms with Crippen molar-refractivity contribution in [3.8, 4) is 0 Å². The molecule has 0 radical (unpaired) electrons. The van der Waals surface area contributed by atoms with Crippen molar-refractivity contribution in [2.45, 2.75) is 46.5 Å². The van der Waals surface area contributed by atoms with Crippen molar-refractivity contribution in [3.63, 3.8) is 0 Å². The molecule has 0 unspecified atom stereocenters. The van der Waals surface area contributed by atoms with Gasteiger partial charge in [0.1, 0.15) is 0 Å². The van der Waals surface area contributed by atoms with Crippen LogP contribution in [-0.2, 0) is 4.79 Å². The molecule has 2 aliphatic carbocycles. The summed E-state index contributed by atoms with van der Waals surface area (Å²) in [4.78, 5) is 12.1. The summed E-state index contributed by atoms with van der Waals surface area (Å²) in [6.45, 7) is 6.77. The Labute approximate surface area is 104 Å². The molecule has 2 heteroatoms. The maximum atomic E-state index is 12.1. The highest BCUT2D eigenvalue weighted by Gasteiger charge is 2.50. The lowest BCUT2D eigenvalue weighted by Crippen LogP contribution is -2.38. The molecule has 1 fully saturated rings. The topological polar surface area (TPSA) is 37.3 Å². The molecule has 0 bridgehead atoms. The fraction of sp³-hybridized carbons (Fsp3) is 0.800. The van der Waals surface area contributed by atoms with Gasteiger partial charge in [-0.1, -0.05) is 26.8 Å². The average Bonchev–Trinajstić information content (AvgIpc) is 2.57. The summed E-state index contributed by atoms with van der Waals surface area (Å²) < 4.78 is 0. The number of rotatable bonds is 2. The summed E-state index contributed by atoms with van der Waals surface area (Å²) in [6, 6.07) is 0. The number of allylic oxidation sites excluding steroid dienone is 1. The van der Waals surface area contributed by atoms with Gasteiger partial charge in [-0.25, -0.2) is 0 Å². The maximum Gasteiger partial charge on any atom is 0.161 e. The van der Waals surface area contributed by atoms with Gasteiger partial charge in [0.25, 0.3) is 0 Å². The Morgan fingerprint density at radius 1 is 1.47 bits per heavy atom. The van der Waals surface area contributed by atoms with Crippen LogP contribution in [0, 0.1) is 23.2 Å². The highest BCUT2D eigenvalue weighted by atomic mass is 16.3. The van der Waals surface area contributed by atoms with Gasteiger partial charge in [0.15, 0.2) is 5.78 Å². The zero-order valence-electron chi connectivity index (χ0n) is 11.2. The van der Waals surface area contributed by atoms with E-state index in [1.165, 1.54) is 12.8 Å². The Kier molecular flexibility index (Phi) is 3.44. The third kappa shape index (κ3) is 1.97. The molecule has 1 spiro atoms. The molecule has 1 saturated carbocycles. The van der Waals surface area contributed by atoms with Gasteiger partial charge >= 0.3 is 0 Å². The van der Waals surface area contributed by atoms with Gasteiger partial charge in [0, 0.05) is 12.0 Å². The standard InChI is InChI=1S/C15H24O2/c1-10(2)13-5-4-11(3)15(13)7-6-12(9-16)14(17)8-15/h6,10-11,13,16H,4-5,7-9H2,1-3H3/t11-,13-,15+/m0/s1. The molecule has 2 nitrogen and oxygen atoms in total. The second-order valence-corrected chi connectivity index (χ2v) is 6.25. The average molecular weight is 236 g/mol. The summed E-state index contributed by atoms with van der Waals surface area (Å²) in [6.07, 6.45) is 6.15. The molecule has 2 rings (SSSR count). The van der Waals surface area contributed by atoms with Gasteiger partial charge in [-0.2, -0.15) is 0 Å². The van der Waals surface area contributed by atoms with Crippen molar-refractivity contribution in [1.29, 1.82) is 0 Å². The number of Topliss-reactive ketones (excluding diaryl/α,β-unsaturated/α-hetero) is 1. The fourth-order valence-electron chi connectivity index (χ4n) is 4.09. The number of carbonyl (C=O) groups excluding carboxylic acids is 1. The van der Waals surface area contributed by atoms with Crippen molar-refractivity contribution in [3.05, 3.63) is 11.6 Å². The van der Waals surface area contributed by atoms with Crippen molar-refractivity contribution in [2.75, 3.05) is 6.61 Å². The molecule has 1 N–H and O–H groups in total. The Morgan fingerprint density at radius 2 is 2.18 bits per heavy atom. The van der Waals surface area contributed by atoms with E-state index in [4.69, 9.17) is 5.11 Å². The van der Waals surface area contributed by atoms with Gasteiger partial charge in [-0.15, -0.1) is 0 Å². The molecule has 0 aliphatic heterocycles. The molecule has 3 atom stereocenters. The first kappa shape index (κ1) is 12.8. The fourth-order valence-corrected chi connectivity index (χ4v) is 4.09. The van der Waals surface area contributed by atoms with Crippen LogP contribution in [0.25, 0.3) is 0 Å². The number of aliphatic hydroxyl groups is 1. The molecule has 2 aliphatic rings. The van der Waals surface area contributed by atoms with E-state index in [9.17, 15) is 4.79 Å². The lowest BCUT2D eigenvalue weighted by molar-refractivity contribution is -0.120. The minimum absolute atomic E-state index is 0.0877. The van der Waals surface area contributed by atoms with E-state index in [2.05, 4.69) is 20.8 Å². The summed E-state index contributed by atoms with van der Waals surface area (Å²) in [5.41, 5.74) is 0.821. The Morgan fingerprint density at radius 3 is 2.71 bits per heavy atom. The van der Waals surface area contributed by atoms with E-state index in [1.807, 2.05) is 6.08 Å².